The first-order chi connectivity index (χ1) is 6.33. The summed E-state index contributed by atoms with van der Waals surface area (Å²) in [6.45, 7) is 1.97. The van der Waals surface area contributed by atoms with Crippen molar-refractivity contribution >= 4 is 21.9 Å². The van der Waals surface area contributed by atoms with Crippen LogP contribution in [0.2, 0.25) is 0 Å². The Kier molecular flexibility index (Phi) is 1.10. The van der Waals surface area contributed by atoms with Gasteiger partial charge in [0.15, 0.2) is 0 Å². The van der Waals surface area contributed by atoms with Crippen LogP contribution in [0.3, 0.4) is 0 Å². The molecule has 1 aromatic carbocycles. The molecule has 0 spiro atoms. The third-order valence-corrected chi connectivity index (χ3v) is 2.27. The minimum absolute atomic E-state index is 0.961. The van der Waals surface area contributed by atoms with E-state index in [0.717, 1.165) is 22.4 Å². The van der Waals surface area contributed by atoms with E-state index in [1.807, 2.05) is 13.1 Å². The summed E-state index contributed by atoms with van der Waals surface area (Å²) in [5.41, 5.74) is 3.27. The van der Waals surface area contributed by atoms with Crippen molar-refractivity contribution in [2.45, 2.75) is 6.92 Å². The average Bonchev–Trinajstić information content (AvgIpc) is 2.63. The van der Waals surface area contributed by atoms with E-state index in [1.165, 1.54) is 5.39 Å². The summed E-state index contributed by atoms with van der Waals surface area (Å²) in [7, 11) is 0. The minimum Gasteiger partial charge on any atom is -0.361 e. The Morgan fingerprint density at radius 1 is 1.23 bits per heavy atom. The van der Waals surface area contributed by atoms with Crippen LogP contribution in [-0.4, -0.2) is 15.0 Å². The van der Waals surface area contributed by atoms with Crippen LogP contribution in [0, 0.1) is 6.92 Å². The van der Waals surface area contributed by atoms with Crippen molar-refractivity contribution in [1.82, 2.24) is 15.0 Å². The molecule has 0 radical (unpaired) electrons. The number of hydrogen-bond acceptors (Lipinski definition) is 1. The number of imidazole rings is 1. The Bertz CT molecular complexity index is 526. The molecule has 0 saturated heterocycles. The highest BCUT2D eigenvalue weighted by Gasteiger charge is 2.01. The lowest BCUT2D eigenvalue weighted by atomic mass is 10.2. The molecule has 0 aliphatic heterocycles. The lowest BCUT2D eigenvalue weighted by Gasteiger charge is -1.89. The van der Waals surface area contributed by atoms with Gasteiger partial charge in [-0.1, -0.05) is 0 Å². The molecule has 13 heavy (non-hydrogen) atoms. The van der Waals surface area contributed by atoms with Crippen molar-refractivity contribution in [3.63, 3.8) is 0 Å². The van der Waals surface area contributed by atoms with E-state index in [2.05, 4.69) is 33.2 Å². The zero-order valence-electron chi connectivity index (χ0n) is 7.26. The Hall–Kier alpha value is -1.77. The molecular formula is C10H9N3. The molecule has 3 aromatic rings. The Morgan fingerprint density at radius 2 is 2.15 bits per heavy atom. The Balaban J connectivity index is 2.54. The van der Waals surface area contributed by atoms with Gasteiger partial charge in [-0.2, -0.15) is 0 Å². The van der Waals surface area contributed by atoms with E-state index in [4.69, 9.17) is 0 Å². The van der Waals surface area contributed by atoms with Gasteiger partial charge in [0.05, 0.1) is 11.0 Å². The van der Waals surface area contributed by atoms with Gasteiger partial charge < -0.3 is 9.97 Å². The predicted octanol–water partition coefficient (Wildman–Crippen LogP) is 2.35. The van der Waals surface area contributed by atoms with Gasteiger partial charge in [-0.05, 0) is 25.1 Å². The molecule has 0 fully saturated rings. The Morgan fingerprint density at radius 3 is 3.08 bits per heavy atom. The van der Waals surface area contributed by atoms with E-state index in [-0.39, 0.29) is 0 Å². The molecule has 2 N–H and O–H groups in total. The zero-order chi connectivity index (χ0) is 8.84. The largest absolute Gasteiger partial charge is 0.361 e. The third-order valence-electron chi connectivity index (χ3n) is 2.27. The second kappa shape index (κ2) is 2.13. The zero-order valence-corrected chi connectivity index (χ0v) is 7.26. The van der Waals surface area contributed by atoms with Crippen molar-refractivity contribution in [1.29, 1.82) is 0 Å². The molecule has 2 heterocycles. The summed E-state index contributed by atoms with van der Waals surface area (Å²) in [6.07, 6.45) is 1.94. The molecule has 0 unspecified atom stereocenters. The fourth-order valence-corrected chi connectivity index (χ4v) is 1.68. The summed E-state index contributed by atoms with van der Waals surface area (Å²) in [5.74, 6) is 0.961. The molecule has 2 aromatic heterocycles. The lowest BCUT2D eigenvalue weighted by molar-refractivity contribution is 1.17. The lowest BCUT2D eigenvalue weighted by Crippen LogP contribution is -1.70. The van der Waals surface area contributed by atoms with Crippen LogP contribution in [0.25, 0.3) is 21.9 Å². The summed E-state index contributed by atoms with van der Waals surface area (Å²) < 4.78 is 0. The van der Waals surface area contributed by atoms with Crippen LogP contribution < -0.4 is 0 Å². The topological polar surface area (TPSA) is 44.5 Å². The number of nitrogens with one attached hydrogen (secondary N) is 2. The smallest absolute Gasteiger partial charge is 0.104 e. The summed E-state index contributed by atoms with van der Waals surface area (Å²) >= 11 is 0. The molecule has 0 bridgehead atoms. The number of aromatic amines is 2. The molecule has 0 aliphatic rings. The minimum atomic E-state index is 0.961. The van der Waals surface area contributed by atoms with Gasteiger partial charge in [-0.15, -0.1) is 0 Å². The monoisotopic (exact) mass is 171 g/mol. The van der Waals surface area contributed by atoms with Gasteiger partial charge in [-0.3, -0.25) is 0 Å². The van der Waals surface area contributed by atoms with Crippen molar-refractivity contribution in [3.05, 3.63) is 30.2 Å². The van der Waals surface area contributed by atoms with Gasteiger partial charge in [-0.25, -0.2) is 4.98 Å². The highest BCUT2D eigenvalue weighted by molar-refractivity contribution is 5.93. The van der Waals surface area contributed by atoms with Crippen molar-refractivity contribution in [3.8, 4) is 0 Å². The van der Waals surface area contributed by atoms with E-state index in [1.54, 1.807) is 0 Å². The van der Waals surface area contributed by atoms with E-state index in [0.29, 0.717) is 0 Å². The van der Waals surface area contributed by atoms with Crippen LogP contribution in [-0.2, 0) is 0 Å². The maximum atomic E-state index is 4.37. The fraction of sp³-hybridized carbons (Fsp3) is 0.100. The predicted molar refractivity (Wildman–Crippen MR) is 52.7 cm³/mol. The van der Waals surface area contributed by atoms with E-state index < -0.39 is 0 Å². The van der Waals surface area contributed by atoms with Crippen LogP contribution in [0.5, 0.6) is 0 Å². The number of benzene rings is 1. The highest BCUT2D eigenvalue weighted by atomic mass is 14.9. The SMILES string of the molecule is Cc1nc2cc3cc[nH]c3cc2[nH]1. The quantitative estimate of drug-likeness (QED) is 0.535. The van der Waals surface area contributed by atoms with Crippen molar-refractivity contribution in [2.24, 2.45) is 0 Å². The van der Waals surface area contributed by atoms with Gasteiger partial charge in [0.2, 0.25) is 0 Å². The second-order valence-electron chi connectivity index (χ2n) is 3.26. The number of H-pyrrole nitrogens is 2. The molecule has 0 amide bonds. The summed E-state index contributed by atoms with van der Waals surface area (Å²) in [6, 6.07) is 6.23. The molecule has 0 saturated carbocycles. The number of aryl methyl sites for hydroxylation is 1. The molecular weight excluding hydrogens is 162 g/mol. The second-order valence-corrected chi connectivity index (χ2v) is 3.26. The molecule has 64 valence electrons. The van der Waals surface area contributed by atoms with Crippen molar-refractivity contribution < 1.29 is 0 Å². The number of rotatable bonds is 0. The van der Waals surface area contributed by atoms with Gasteiger partial charge >= 0.3 is 0 Å². The molecule has 0 aliphatic carbocycles. The highest BCUT2D eigenvalue weighted by Crippen LogP contribution is 2.19. The first kappa shape index (κ1) is 6.71. The van der Waals surface area contributed by atoms with Crippen LogP contribution in [0.4, 0.5) is 0 Å². The van der Waals surface area contributed by atoms with Crippen LogP contribution in [0.1, 0.15) is 5.82 Å². The first-order valence-electron chi connectivity index (χ1n) is 4.26. The molecule has 0 atom stereocenters. The van der Waals surface area contributed by atoms with E-state index >= 15 is 0 Å². The number of fused-ring (bicyclic) bond motifs is 2. The summed E-state index contributed by atoms with van der Waals surface area (Å²) in [5, 5.41) is 1.21. The van der Waals surface area contributed by atoms with Gasteiger partial charge in [0.1, 0.15) is 5.82 Å². The van der Waals surface area contributed by atoms with Crippen LogP contribution in [0.15, 0.2) is 24.4 Å². The standard InChI is InChI=1S/C10H9N3/c1-6-12-9-4-7-2-3-11-8(7)5-10(9)13-6/h2-5,11H,1H3,(H,12,13). The van der Waals surface area contributed by atoms with Gasteiger partial charge in [0.25, 0.3) is 0 Å². The fourth-order valence-electron chi connectivity index (χ4n) is 1.68. The third kappa shape index (κ3) is 0.869. The molecule has 3 nitrogen and oxygen atoms in total. The van der Waals surface area contributed by atoms with Crippen LogP contribution >= 0.6 is 0 Å². The maximum Gasteiger partial charge on any atom is 0.104 e. The molecule has 3 heteroatoms. The first-order valence-corrected chi connectivity index (χ1v) is 4.26. The Labute approximate surface area is 74.8 Å². The molecule has 3 rings (SSSR count). The average molecular weight is 171 g/mol. The summed E-state index contributed by atoms with van der Waals surface area (Å²) in [4.78, 5) is 10.8. The number of hydrogen-bond donors (Lipinski definition) is 2. The normalized spacial score (nSPS) is 11.5. The van der Waals surface area contributed by atoms with Crippen molar-refractivity contribution in [2.75, 3.05) is 0 Å². The van der Waals surface area contributed by atoms with E-state index in [9.17, 15) is 0 Å². The van der Waals surface area contributed by atoms with Gasteiger partial charge in [0, 0.05) is 17.1 Å². The maximum absolute atomic E-state index is 4.37. The number of nitrogens with zero attached hydrogens (tertiary/aromatic N) is 1. The number of aromatic nitrogens is 3.